The van der Waals surface area contributed by atoms with E-state index in [1.807, 2.05) is 6.07 Å². The Kier molecular flexibility index (Phi) is 6.42. The average Bonchev–Trinajstić information content (AvgIpc) is 3.08. The number of aromatic nitrogens is 1. The second-order valence-electron chi connectivity index (χ2n) is 9.57. The number of hydrogen-bond acceptors (Lipinski definition) is 3. The van der Waals surface area contributed by atoms with E-state index >= 15 is 0 Å². The van der Waals surface area contributed by atoms with Crippen molar-refractivity contribution in [1.29, 1.82) is 0 Å². The lowest BCUT2D eigenvalue weighted by molar-refractivity contribution is 0.0902. The van der Waals surface area contributed by atoms with Gasteiger partial charge in [-0.25, -0.2) is 0 Å². The van der Waals surface area contributed by atoms with Crippen molar-refractivity contribution in [3.63, 3.8) is 0 Å². The van der Waals surface area contributed by atoms with Gasteiger partial charge in [-0.05, 0) is 74.9 Å². The van der Waals surface area contributed by atoms with Crippen molar-refractivity contribution in [3.05, 3.63) is 41.1 Å². The first-order valence-corrected chi connectivity index (χ1v) is 12.3. The highest BCUT2D eigenvalue weighted by atomic mass is 16.1. The Morgan fingerprint density at radius 1 is 1.00 bits per heavy atom. The van der Waals surface area contributed by atoms with Crippen LogP contribution in [-0.2, 0) is 6.42 Å². The lowest BCUT2D eigenvalue weighted by Gasteiger charge is -2.33. The third kappa shape index (κ3) is 4.88. The van der Waals surface area contributed by atoms with Gasteiger partial charge in [0.25, 0.3) is 5.91 Å². The van der Waals surface area contributed by atoms with Gasteiger partial charge in [0, 0.05) is 43.1 Å². The van der Waals surface area contributed by atoms with Crippen molar-refractivity contribution in [2.45, 2.75) is 57.4 Å². The summed E-state index contributed by atoms with van der Waals surface area (Å²) in [5, 5.41) is 4.45. The first-order chi connectivity index (χ1) is 15.3. The number of carbonyl (C=O) groups excluding carboxylic acids is 1. The fourth-order valence-corrected chi connectivity index (χ4v) is 5.46. The SMILES string of the molecule is O=C(NC1CCN(CCN2CCCCCC2)CC1)c1cc2c3c(ccc2[nH]1)CCC=C3. The molecule has 5 heteroatoms. The van der Waals surface area contributed by atoms with Gasteiger partial charge in [-0.2, -0.15) is 0 Å². The third-order valence-corrected chi connectivity index (χ3v) is 7.40. The molecule has 3 aliphatic rings. The van der Waals surface area contributed by atoms with Crippen LogP contribution in [0.4, 0.5) is 0 Å². The van der Waals surface area contributed by atoms with Gasteiger partial charge in [0.2, 0.25) is 0 Å². The number of hydrogen-bond donors (Lipinski definition) is 2. The molecule has 1 aromatic heterocycles. The van der Waals surface area contributed by atoms with Crippen LogP contribution in [0.2, 0.25) is 0 Å². The highest BCUT2D eigenvalue weighted by Crippen LogP contribution is 2.28. The molecule has 0 unspecified atom stereocenters. The molecule has 0 saturated carbocycles. The molecule has 3 heterocycles. The van der Waals surface area contributed by atoms with Gasteiger partial charge in [0.05, 0.1) is 0 Å². The molecule has 1 aliphatic carbocycles. The number of likely N-dealkylation sites (tertiary alicyclic amines) is 2. The first kappa shape index (κ1) is 20.8. The van der Waals surface area contributed by atoms with Gasteiger partial charge >= 0.3 is 0 Å². The molecule has 1 aromatic carbocycles. The number of amides is 1. The molecule has 0 atom stereocenters. The summed E-state index contributed by atoms with van der Waals surface area (Å²) in [6.07, 6.45) is 14.2. The average molecular weight is 421 g/mol. The van der Waals surface area contributed by atoms with Gasteiger partial charge < -0.3 is 20.1 Å². The molecule has 1 amide bonds. The van der Waals surface area contributed by atoms with E-state index in [-0.39, 0.29) is 11.9 Å². The molecule has 0 spiro atoms. The van der Waals surface area contributed by atoms with E-state index in [0.717, 1.165) is 44.3 Å². The number of rotatable bonds is 5. The predicted molar refractivity (Wildman–Crippen MR) is 127 cm³/mol. The van der Waals surface area contributed by atoms with E-state index in [0.29, 0.717) is 5.69 Å². The molecule has 0 bridgehead atoms. The van der Waals surface area contributed by atoms with Crippen LogP contribution in [0.5, 0.6) is 0 Å². The van der Waals surface area contributed by atoms with E-state index in [4.69, 9.17) is 0 Å². The summed E-state index contributed by atoms with van der Waals surface area (Å²) < 4.78 is 0. The number of piperidine rings is 1. The fourth-order valence-electron chi connectivity index (χ4n) is 5.46. The quantitative estimate of drug-likeness (QED) is 0.762. The molecular formula is C26H36N4O. The zero-order chi connectivity index (χ0) is 21.0. The maximum absolute atomic E-state index is 12.9. The molecule has 5 nitrogen and oxygen atoms in total. The van der Waals surface area contributed by atoms with Gasteiger partial charge in [-0.1, -0.05) is 31.1 Å². The smallest absolute Gasteiger partial charge is 0.267 e. The van der Waals surface area contributed by atoms with Crippen molar-refractivity contribution >= 4 is 22.9 Å². The Hall–Kier alpha value is -2.11. The minimum atomic E-state index is 0.0350. The Morgan fingerprint density at radius 3 is 2.52 bits per heavy atom. The van der Waals surface area contributed by atoms with Gasteiger partial charge in [-0.15, -0.1) is 0 Å². The third-order valence-electron chi connectivity index (χ3n) is 7.40. The molecule has 31 heavy (non-hydrogen) atoms. The van der Waals surface area contributed by atoms with Gasteiger partial charge in [0.15, 0.2) is 0 Å². The number of nitrogens with zero attached hydrogens (tertiary/aromatic N) is 2. The van der Waals surface area contributed by atoms with Crippen molar-refractivity contribution in [3.8, 4) is 0 Å². The van der Waals surface area contributed by atoms with E-state index in [9.17, 15) is 4.79 Å². The van der Waals surface area contributed by atoms with Crippen molar-refractivity contribution in [1.82, 2.24) is 20.1 Å². The summed E-state index contributed by atoms with van der Waals surface area (Å²) in [4.78, 5) is 21.5. The summed E-state index contributed by atoms with van der Waals surface area (Å²) in [5.74, 6) is 0.0350. The Morgan fingerprint density at radius 2 is 1.74 bits per heavy atom. The standard InChI is InChI=1S/C26H36N4O/c31-26(25-19-23-22-8-4-3-7-20(22)9-10-24(23)28-25)27-21-11-15-30(16-12-21)18-17-29-13-5-1-2-6-14-29/h4,8-10,19,21,28H,1-3,5-7,11-18H2,(H,27,31). The molecule has 2 aliphatic heterocycles. The van der Waals surface area contributed by atoms with E-state index in [1.165, 1.54) is 68.4 Å². The van der Waals surface area contributed by atoms with Crippen LogP contribution in [0.15, 0.2) is 24.3 Å². The molecule has 2 N–H and O–H groups in total. The Labute approximate surface area is 185 Å². The summed E-state index contributed by atoms with van der Waals surface area (Å²) >= 11 is 0. The molecule has 2 aromatic rings. The molecule has 166 valence electrons. The molecular weight excluding hydrogens is 384 g/mol. The number of benzene rings is 1. The summed E-state index contributed by atoms with van der Waals surface area (Å²) in [6.45, 7) is 7.09. The zero-order valence-corrected chi connectivity index (χ0v) is 18.7. The number of allylic oxidation sites excluding steroid dienone is 1. The Bertz CT molecular complexity index is 930. The van der Waals surface area contributed by atoms with E-state index in [1.54, 1.807) is 0 Å². The van der Waals surface area contributed by atoms with E-state index < -0.39 is 0 Å². The normalized spacial score (nSPS) is 21.2. The second kappa shape index (κ2) is 9.58. The van der Waals surface area contributed by atoms with Crippen LogP contribution < -0.4 is 5.32 Å². The molecule has 0 radical (unpaired) electrons. The van der Waals surface area contributed by atoms with Crippen LogP contribution in [0.25, 0.3) is 17.0 Å². The van der Waals surface area contributed by atoms with Gasteiger partial charge in [0.1, 0.15) is 5.69 Å². The zero-order valence-electron chi connectivity index (χ0n) is 18.7. The maximum atomic E-state index is 12.9. The number of aryl methyl sites for hydroxylation is 1. The topological polar surface area (TPSA) is 51.4 Å². The Balaban J connectivity index is 1.13. The molecule has 5 rings (SSSR count). The number of fused-ring (bicyclic) bond motifs is 3. The number of aromatic amines is 1. The lowest BCUT2D eigenvalue weighted by Crippen LogP contribution is -2.46. The lowest BCUT2D eigenvalue weighted by atomic mass is 9.94. The largest absolute Gasteiger partial charge is 0.351 e. The minimum absolute atomic E-state index is 0.0350. The second-order valence-corrected chi connectivity index (χ2v) is 9.57. The van der Waals surface area contributed by atoms with Crippen LogP contribution in [-0.4, -0.2) is 66.0 Å². The summed E-state index contributed by atoms with van der Waals surface area (Å²) in [5.41, 5.74) is 4.40. The van der Waals surface area contributed by atoms with Crippen molar-refractivity contribution in [2.75, 3.05) is 39.3 Å². The maximum Gasteiger partial charge on any atom is 0.267 e. The summed E-state index contributed by atoms with van der Waals surface area (Å²) in [6, 6.07) is 6.63. The monoisotopic (exact) mass is 420 g/mol. The van der Waals surface area contributed by atoms with E-state index in [2.05, 4.69) is 44.4 Å². The predicted octanol–water partition coefficient (Wildman–Crippen LogP) is 4.20. The first-order valence-electron chi connectivity index (χ1n) is 12.3. The van der Waals surface area contributed by atoms with Crippen LogP contribution in [0.1, 0.15) is 66.6 Å². The number of nitrogens with one attached hydrogen (secondary N) is 2. The van der Waals surface area contributed by atoms with Gasteiger partial charge in [-0.3, -0.25) is 4.79 Å². The van der Waals surface area contributed by atoms with Crippen molar-refractivity contribution in [2.24, 2.45) is 0 Å². The highest BCUT2D eigenvalue weighted by molar-refractivity contribution is 6.01. The number of H-pyrrole nitrogens is 1. The minimum Gasteiger partial charge on any atom is -0.351 e. The summed E-state index contributed by atoms with van der Waals surface area (Å²) in [7, 11) is 0. The number of carbonyl (C=O) groups is 1. The van der Waals surface area contributed by atoms with Crippen LogP contribution in [0.3, 0.4) is 0 Å². The fraction of sp³-hybridized carbons (Fsp3) is 0.577. The molecule has 2 saturated heterocycles. The van der Waals surface area contributed by atoms with Crippen LogP contribution >= 0.6 is 0 Å². The highest BCUT2D eigenvalue weighted by Gasteiger charge is 2.23. The molecule has 2 fully saturated rings. The van der Waals surface area contributed by atoms with Crippen LogP contribution in [0, 0.1) is 0 Å². The van der Waals surface area contributed by atoms with Crippen molar-refractivity contribution < 1.29 is 4.79 Å².